The lowest BCUT2D eigenvalue weighted by atomic mass is 10.0. The van der Waals surface area contributed by atoms with Gasteiger partial charge < -0.3 is 16.0 Å². The van der Waals surface area contributed by atoms with Crippen molar-refractivity contribution < 1.29 is 28.0 Å². The van der Waals surface area contributed by atoms with Crippen LogP contribution < -0.4 is 16.5 Å². The highest BCUT2D eigenvalue weighted by Crippen LogP contribution is 2.19. The summed E-state index contributed by atoms with van der Waals surface area (Å²) in [6.45, 7) is 2.85. The maximum atomic E-state index is 13.9. The number of aromatic amines is 1. The zero-order valence-corrected chi connectivity index (χ0v) is 17.5. The van der Waals surface area contributed by atoms with Gasteiger partial charge in [0.15, 0.2) is 0 Å². The first-order valence-electron chi connectivity index (χ1n) is 9.27. The number of halogens is 3. The Labute approximate surface area is 181 Å². The van der Waals surface area contributed by atoms with Gasteiger partial charge in [-0.15, -0.1) is 0 Å². The predicted octanol–water partition coefficient (Wildman–Crippen LogP) is 1.33. The molecule has 1 unspecified atom stereocenters. The lowest BCUT2D eigenvalue weighted by Gasteiger charge is -2.27. The van der Waals surface area contributed by atoms with Gasteiger partial charge in [0, 0.05) is 17.3 Å². The van der Waals surface area contributed by atoms with Crippen LogP contribution in [-0.4, -0.2) is 51.8 Å². The number of hydrazine groups is 1. The van der Waals surface area contributed by atoms with E-state index in [4.69, 9.17) is 17.3 Å². The normalized spacial score (nSPS) is 13.0. The van der Waals surface area contributed by atoms with Gasteiger partial charge in [0.25, 0.3) is 23.4 Å². The van der Waals surface area contributed by atoms with Crippen molar-refractivity contribution >= 4 is 46.1 Å². The van der Waals surface area contributed by atoms with Gasteiger partial charge >= 0.3 is 0 Å². The largest absolute Gasteiger partial charge is 0.370 e. The molecule has 0 aliphatic carbocycles. The number of alkyl halides is 2. The number of aromatic nitrogens is 1. The number of nitrogens with zero attached hydrogens (tertiary/aromatic N) is 1. The van der Waals surface area contributed by atoms with E-state index >= 15 is 0 Å². The third-order valence-electron chi connectivity index (χ3n) is 4.37. The fourth-order valence-electron chi connectivity index (χ4n) is 2.76. The molecule has 1 aromatic carbocycles. The maximum absolute atomic E-state index is 13.9. The molecule has 2 rings (SSSR count). The molecular weight excluding hydrogens is 436 g/mol. The minimum Gasteiger partial charge on any atom is -0.370 e. The Kier molecular flexibility index (Phi) is 7.92. The van der Waals surface area contributed by atoms with E-state index in [1.165, 1.54) is 18.2 Å². The van der Waals surface area contributed by atoms with Gasteiger partial charge in [0.1, 0.15) is 17.6 Å². The minimum absolute atomic E-state index is 0.0183. The first kappa shape index (κ1) is 24.1. The van der Waals surface area contributed by atoms with Crippen molar-refractivity contribution in [3.8, 4) is 0 Å². The molecule has 0 spiro atoms. The van der Waals surface area contributed by atoms with Crippen LogP contribution in [0.25, 0.3) is 10.9 Å². The number of fused-ring (bicyclic) bond motifs is 1. The molecule has 0 saturated carbocycles. The van der Waals surface area contributed by atoms with Gasteiger partial charge in [0.05, 0.1) is 6.54 Å². The predicted molar refractivity (Wildman–Crippen MR) is 109 cm³/mol. The van der Waals surface area contributed by atoms with Crippen molar-refractivity contribution in [2.24, 2.45) is 11.7 Å². The molecule has 0 aliphatic rings. The Morgan fingerprint density at radius 1 is 1.26 bits per heavy atom. The van der Waals surface area contributed by atoms with Gasteiger partial charge in [-0.05, 0) is 24.1 Å². The molecule has 4 amide bonds. The number of nitrogens with one attached hydrogen (secondary N) is 3. The Morgan fingerprint density at radius 3 is 2.48 bits per heavy atom. The van der Waals surface area contributed by atoms with Crippen LogP contribution in [-0.2, 0) is 14.4 Å². The van der Waals surface area contributed by atoms with E-state index in [0.717, 1.165) is 0 Å². The van der Waals surface area contributed by atoms with Gasteiger partial charge in [-0.2, -0.15) is 0 Å². The molecule has 0 bridgehead atoms. The summed E-state index contributed by atoms with van der Waals surface area (Å²) >= 11 is 5.15. The molecule has 0 aliphatic heterocycles. The molecule has 0 fully saturated rings. The zero-order valence-electron chi connectivity index (χ0n) is 16.7. The van der Waals surface area contributed by atoms with Crippen molar-refractivity contribution in [1.82, 2.24) is 20.7 Å². The van der Waals surface area contributed by atoms with Gasteiger partial charge in [-0.3, -0.25) is 24.6 Å². The quantitative estimate of drug-likeness (QED) is 0.351. The summed E-state index contributed by atoms with van der Waals surface area (Å²) in [4.78, 5) is 50.9. The van der Waals surface area contributed by atoms with Gasteiger partial charge in [-0.1, -0.05) is 31.5 Å². The monoisotopic (exact) mass is 457 g/mol. The number of carbonyl (C=O) groups excluding carboxylic acids is 4. The number of carbonyl (C=O) groups is 4. The molecule has 168 valence electrons. The summed E-state index contributed by atoms with van der Waals surface area (Å²) in [7, 11) is 0. The average Bonchev–Trinajstić information content (AvgIpc) is 3.13. The van der Waals surface area contributed by atoms with Crippen molar-refractivity contribution in [3.05, 3.63) is 35.8 Å². The summed E-state index contributed by atoms with van der Waals surface area (Å²) < 4.78 is 27.1. The fourth-order valence-corrected chi connectivity index (χ4v) is 2.88. The van der Waals surface area contributed by atoms with E-state index in [2.05, 4.69) is 15.7 Å². The average molecular weight is 458 g/mol. The number of primary amides is 1. The van der Waals surface area contributed by atoms with E-state index in [1.54, 1.807) is 19.9 Å². The molecule has 9 nitrogen and oxygen atoms in total. The van der Waals surface area contributed by atoms with Crippen molar-refractivity contribution in [1.29, 1.82) is 0 Å². The van der Waals surface area contributed by atoms with Crippen LogP contribution in [0.3, 0.4) is 0 Å². The highest BCUT2D eigenvalue weighted by molar-refractivity contribution is 6.29. The summed E-state index contributed by atoms with van der Waals surface area (Å²) in [5, 5.41) is 3.23. The second kappa shape index (κ2) is 10.2. The number of rotatable bonds is 8. The van der Waals surface area contributed by atoms with E-state index in [9.17, 15) is 28.0 Å². The van der Waals surface area contributed by atoms with E-state index < -0.39 is 53.6 Å². The highest BCUT2D eigenvalue weighted by atomic mass is 35.5. The lowest BCUT2D eigenvalue weighted by Crippen LogP contribution is -2.57. The molecule has 0 radical (unpaired) electrons. The van der Waals surface area contributed by atoms with E-state index in [1.807, 2.05) is 0 Å². The van der Waals surface area contributed by atoms with Crippen LogP contribution in [0.2, 0.25) is 0 Å². The van der Waals surface area contributed by atoms with Crippen LogP contribution >= 0.6 is 11.6 Å². The maximum Gasteiger partial charge on any atom is 0.291 e. The molecule has 1 heterocycles. The van der Waals surface area contributed by atoms with Gasteiger partial charge in [-0.25, -0.2) is 13.8 Å². The molecule has 5 N–H and O–H groups in total. The zero-order chi connectivity index (χ0) is 23.3. The Hall–Kier alpha value is -3.21. The molecule has 2 aromatic rings. The summed E-state index contributed by atoms with van der Waals surface area (Å²) in [6.07, 6.45) is -0.352. The first-order valence-corrected chi connectivity index (χ1v) is 9.71. The van der Waals surface area contributed by atoms with Crippen LogP contribution in [0.5, 0.6) is 0 Å². The topological polar surface area (TPSA) is 137 Å². The molecule has 1 aromatic heterocycles. The number of nitrogens with two attached hydrogens (primary N) is 1. The van der Waals surface area contributed by atoms with Crippen LogP contribution in [0.4, 0.5) is 8.78 Å². The highest BCUT2D eigenvalue weighted by Gasteiger charge is 2.30. The molecule has 2 atom stereocenters. The third-order valence-corrected chi connectivity index (χ3v) is 4.56. The Morgan fingerprint density at radius 2 is 1.94 bits per heavy atom. The van der Waals surface area contributed by atoms with Crippen molar-refractivity contribution in [2.75, 3.05) is 6.54 Å². The second-order valence-corrected chi connectivity index (χ2v) is 7.45. The number of hydrogen-bond acceptors (Lipinski definition) is 4. The van der Waals surface area contributed by atoms with Crippen LogP contribution in [0.15, 0.2) is 24.3 Å². The van der Waals surface area contributed by atoms with E-state index in [0.29, 0.717) is 10.5 Å². The number of hydrogen-bond donors (Lipinski definition) is 4. The molecule has 0 saturated heterocycles. The molecule has 12 heteroatoms. The Bertz CT molecular complexity index is 995. The van der Waals surface area contributed by atoms with Crippen molar-refractivity contribution in [3.63, 3.8) is 0 Å². The second-order valence-electron chi connectivity index (χ2n) is 7.06. The number of H-pyrrole nitrogens is 1. The van der Waals surface area contributed by atoms with Crippen LogP contribution in [0.1, 0.15) is 30.8 Å². The Balaban J connectivity index is 2.17. The molecule has 31 heavy (non-hydrogen) atoms. The van der Waals surface area contributed by atoms with Crippen LogP contribution in [0, 0.1) is 11.7 Å². The smallest absolute Gasteiger partial charge is 0.291 e. The summed E-state index contributed by atoms with van der Waals surface area (Å²) in [5.41, 5.74) is 5.14. The van der Waals surface area contributed by atoms with Crippen molar-refractivity contribution in [2.45, 2.75) is 31.9 Å². The first-order chi connectivity index (χ1) is 14.5. The number of amides is 4. The van der Waals surface area contributed by atoms with Gasteiger partial charge in [0.2, 0.25) is 5.91 Å². The standard InChI is InChI=1S/C19H22ClF2N5O4/c1-9(2)15(18(30)26-27(7-6-14(23)28)19(31)16(20)22)25-17(29)13-8-10-11(21)4-3-5-12(10)24-13/h3-5,8-9,15-16,24H,6-7H2,1-2H3,(H2,23,28)(H,25,29)(H,26,30)/t15-,16?/m0/s1. The minimum atomic E-state index is -2.46. The third kappa shape index (κ3) is 6.14. The SMILES string of the molecule is CC(C)[C@H](NC(=O)c1cc2c(F)cccc2[nH]1)C(=O)NN(CCC(N)=O)C(=O)C(F)Cl. The summed E-state index contributed by atoms with van der Waals surface area (Å²) in [5.74, 6) is -4.58. The lowest BCUT2D eigenvalue weighted by molar-refractivity contribution is -0.144. The van der Waals surface area contributed by atoms with E-state index in [-0.39, 0.29) is 17.5 Å². The molecular formula is C19H22ClF2N5O4. The fraction of sp³-hybridized carbons (Fsp3) is 0.368. The summed E-state index contributed by atoms with van der Waals surface area (Å²) in [6, 6.07) is 4.46. The number of benzene rings is 1.